The van der Waals surface area contributed by atoms with Crippen molar-refractivity contribution in [3.8, 4) is 28.0 Å². The van der Waals surface area contributed by atoms with Gasteiger partial charge in [-0.2, -0.15) is 0 Å². The van der Waals surface area contributed by atoms with Crippen molar-refractivity contribution in [2.45, 2.75) is 5.92 Å². The van der Waals surface area contributed by atoms with E-state index in [4.69, 9.17) is 4.74 Å². The second-order valence-corrected chi connectivity index (χ2v) is 8.18. The van der Waals surface area contributed by atoms with Gasteiger partial charge in [-0.3, -0.25) is 0 Å². The van der Waals surface area contributed by atoms with E-state index in [9.17, 15) is 0 Å². The molecule has 0 bridgehead atoms. The quantitative estimate of drug-likeness (QED) is 0.249. The first-order valence-electron chi connectivity index (χ1n) is 11.3. The number of ether oxygens (including phenoxy) is 1. The number of methoxy groups -OCH3 is 1. The Balaban J connectivity index is 1.53. The molecular formula is C32H26O. The lowest BCUT2D eigenvalue weighted by molar-refractivity contribution is 0.414. The highest BCUT2D eigenvalue weighted by atomic mass is 16.5. The second-order valence-electron chi connectivity index (χ2n) is 8.18. The fourth-order valence-electron chi connectivity index (χ4n) is 4.37. The van der Waals surface area contributed by atoms with E-state index in [1.165, 1.54) is 38.9 Å². The van der Waals surface area contributed by atoms with Crippen LogP contribution in [-0.4, -0.2) is 7.11 Å². The molecule has 0 aliphatic heterocycles. The molecule has 33 heavy (non-hydrogen) atoms. The van der Waals surface area contributed by atoms with Crippen LogP contribution in [0.5, 0.6) is 5.75 Å². The number of benzene rings is 5. The molecule has 0 heterocycles. The summed E-state index contributed by atoms with van der Waals surface area (Å²) >= 11 is 0. The summed E-state index contributed by atoms with van der Waals surface area (Å²) in [6.45, 7) is 0. The summed E-state index contributed by atoms with van der Waals surface area (Å²) < 4.78 is 5.39. The Morgan fingerprint density at radius 2 is 0.727 bits per heavy atom. The van der Waals surface area contributed by atoms with Gasteiger partial charge in [-0.05, 0) is 51.1 Å². The standard InChI is InChI=1S/C32H26O/c1-33-31-22-20-30(21-23-31)32(28-16-12-26(13-17-28)24-8-4-2-5-9-24)29-18-14-27(15-19-29)25-10-6-3-7-11-25/h2-23,32H,1H3. The third-order valence-corrected chi connectivity index (χ3v) is 6.15. The Labute approximate surface area is 196 Å². The summed E-state index contributed by atoms with van der Waals surface area (Å²) in [7, 11) is 1.71. The first kappa shape index (κ1) is 20.8. The van der Waals surface area contributed by atoms with Crippen LogP contribution in [0, 0.1) is 0 Å². The predicted molar refractivity (Wildman–Crippen MR) is 138 cm³/mol. The molecule has 0 spiro atoms. The van der Waals surface area contributed by atoms with Crippen molar-refractivity contribution >= 4 is 0 Å². The molecule has 0 atom stereocenters. The maximum atomic E-state index is 5.39. The van der Waals surface area contributed by atoms with Gasteiger partial charge in [0.15, 0.2) is 0 Å². The van der Waals surface area contributed by atoms with Gasteiger partial charge in [-0.15, -0.1) is 0 Å². The average Bonchev–Trinajstić information content (AvgIpc) is 2.91. The minimum atomic E-state index is 0.144. The Kier molecular flexibility index (Phi) is 6.04. The molecule has 0 fully saturated rings. The van der Waals surface area contributed by atoms with Crippen molar-refractivity contribution in [2.24, 2.45) is 0 Å². The van der Waals surface area contributed by atoms with Gasteiger partial charge in [0, 0.05) is 5.92 Å². The highest BCUT2D eigenvalue weighted by molar-refractivity contribution is 5.65. The zero-order valence-electron chi connectivity index (χ0n) is 18.7. The molecule has 0 radical (unpaired) electrons. The Hall–Kier alpha value is -4.10. The zero-order valence-corrected chi connectivity index (χ0v) is 18.7. The smallest absolute Gasteiger partial charge is 0.118 e. The van der Waals surface area contributed by atoms with E-state index in [0.29, 0.717) is 0 Å². The van der Waals surface area contributed by atoms with Crippen molar-refractivity contribution in [2.75, 3.05) is 7.11 Å². The van der Waals surface area contributed by atoms with E-state index >= 15 is 0 Å². The summed E-state index contributed by atoms with van der Waals surface area (Å²) in [6.07, 6.45) is 0. The second kappa shape index (κ2) is 9.58. The van der Waals surface area contributed by atoms with Crippen LogP contribution in [0.25, 0.3) is 22.3 Å². The molecular weight excluding hydrogens is 400 g/mol. The van der Waals surface area contributed by atoms with Gasteiger partial charge in [0.25, 0.3) is 0 Å². The zero-order chi connectivity index (χ0) is 22.5. The number of hydrogen-bond donors (Lipinski definition) is 0. The summed E-state index contributed by atoms with van der Waals surface area (Å²) in [5, 5.41) is 0. The summed E-state index contributed by atoms with van der Waals surface area (Å²) in [5.41, 5.74) is 8.71. The van der Waals surface area contributed by atoms with E-state index in [2.05, 4.69) is 121 Å². The van der Waals surface area contributed by atoms with Crippen molar-refractivity contribution in [3.63, 3.8) is 0 Å². The maximum absolute atomic E-state index is 5.39. The Morgan fingerprint density at radius 1 is 0.394 bits per heavy atom. The Bertz CT molecular complexity index is 1200. The molecule has 0 N–H and O–H groups in total. The van der Waals surface area contributed by atoms with Crippen LogP contribution in [0.2, 0.25) is 0 Å². The largest absolute Gasteiger partial charge is 0.497 e. The van der Waals surface area contributed by atoms with Crippen LogP contribution < -0.4 is 4.74 Å². The fraction of sp³-hybridized carbons (Fsp3) is 0.0625. The first-order chi connectivity index (χ1) is 16.3. The van der Waals surface area contributed by atoms with E-state index in [1.54, 1.807) is 7.11 Å². The molecule has 0 aromatic heterocycles. The van der Waals surface area contributed by atoms with Gasteiger partial charge in [0.1, 0.15) is 5.75 Å². The third-order valence-electron chi connectivity index (χ3n) is 6.15. The summed E-state index contributed by atoms with van der Waals surface area (Å²) in [6, 6.07) is 47.3. The maximum Gasteiger partial charge on any atom is 0.118 e. The van der Waals surface area contributed by atoms with Crippen molar-refractivity contribution < 1.29 is 4.74 Å². The minimum Gasteiger partial charge on any atom is -0.497 e. The first-order valence-corrected chi connectivity index (χ1v) is 11.3. The van der Waals surface area contributed by atoms with Gasteiger partial charge in [-0.1, -0.05) is 121 Å². The molecule has 0 amide bonds. The molecule has 5 rings (SSSR count). The molecule has 5 aromatic carbocycles. The summed E-state index contributed by atoms with van der Waals surface area (Å²) in [4.78, 5) is 0. The van der Waals surface area contributed by atoms with Gasteiger partial charge in [-0.25, -0.2) is 0 Å². The molecule has 5 aromatic rings. The van der Waals surface area contributed by atoms with Crippen molar-refractivity contribution in [1.82, 2.24) is 0 Å². The number of hydrogen-bond acceptors (Lipinski definition) is 1. The number of rotatable bonds is 6. The van der Waals surface area contributed by atoms with Gasteiger partial charge >= 0.3 is 0 Å². The topological polar surface area (TPSA) is 9.23 Å². The summed E-state index contributed by atoms with van der Waals surface area (Å²) in [5.74, 6) is 1.02. The molecule has 0 saturated carbocycles. The lowest BCUT2D eigenvalue weighted by Crippen LogP contribution is -2.03. The van der Waals surface area contributed by atoms with Crippen LogP contribution >= 0.6 is 0 Å². The molecule has 1 nitrogen and oxygen atoms in total. The van der Waals surface area contributed by atoms with E-state index in [1.807, 2.05) is 12.1 Å². The highest BCUT2D eigenvalue weighted by Gasteiger charge is 2.17. The SMILES string of the molecule is COc1ccc(C(c2ccc(-c3ccccc3)cc2)c2ccc(-c3ccccc3)cc2)cc1. The van der Waals surface area contributed by atoms with Crippen molar-refractivity contribution in [1.29, 1.82) is 0 Å². The normalized spacial score (nSPS) is 10.8. The average molecular weight is 427 g/mol. The molecule has 1 heteroatoms. The van der Waals surface area contributed by atoms with E-state index in [-0.39, 0.29) is 5.92 Å². The van der Waals surface area contributed by atoms with Gasteiger partial charge in [0.05, 0.1) is 7.11 Å². The molecule has 0 unspecified atom stereocenters. The van der Waals surface area contributed by atoms with E-state index < -0.39 is 0 Å². The van der Waals surface area contributed by atoms with E-state index in [0.717, 1.165) is 5.75 Å². The molecule has 0 saturated heterocycles. The third kappa shape index (κ3) is 4.58. The van der Waals surface area contributed by atoms with Crippen LogP contribution in [0.4, 0.5) is 0 Å². The van der Waals surface area contributed by atoms with Crippen molar-refractivity contribution in [3.05, 3.63) is 150 Å². The molecule has 0 aliphatic carbocycles. The predicted octanol–water partition coefficient (Wildman–Crippen LogP) is 8.21. The van der Waals surface area contributed by atoms with Gasteiger partial charge < -0.3 is 4.74 Å². The van der Waals surface area contributed by atoms with Crippen LogP contribution in [0.15, 0.2) is 133 Å². The van der Waals surface area contributed by atoms with Gasteiger partial charge in [0.2, 0.25) is 0 Å². The minimum absolute atomic E-state index is 0.144. The molecule has 160 valence electrons. The Morgan fingerprint density at radius 3 is 1.09 bits per heavy atom. The lowest BCUT2D eigenvalue weighted by Gasteiger charge is -2.20. The fourth-order valence-corrected chi connectivity index (χ4v) is 4.37. The van der Waals surface area contributed by atoms with Crippen LogP contribution in [0.3, 0.4) is 0 Å². The lowest BCUT2D eigenvalue weighted by atomic mass is 9.84. The monoisotopic (exact) mass is 426 g/mol. The molecule has 0 aliphatic rings. The highest BCUT2D eigenvalue weighted by Crippen LogP contribution is 2.35. The van der Waals surface area contributed by atoms with Crippen LogP contribution in [0.1, 0.15) is 22.6 Å². The van der Waals surface area contributed by atoms with Crippen LogP contribution in [-0.2, 0) is 0 Å².